The Morgan fingerprint density at radius 3 is 2.68 bits per heavy atom. The lowest BCUT2D eigenvalue weighted by Gasteiger charge is -2.22. The van der Waals surface area contributed by atoms with E-state index in [0.717, 1.165) is 44.5 Å². The number of Topliss-reactive ketones (excluding diaryl/α,β-unsaturated/α-hetero) is 1. The van der Waals surface area contributed by atoms with Gasteiger partial charge in [0, 0.05) is 18.5 Å². The average Bonchev–Trinajstić information content (AvgIpc) is 2.58. The molecule has 0 bridgehead atoms. The van der Waals surface area contributed by atoms with E-state index in [1.165, 1.54) is 0 Å². The fraction of sp³-hybridized carbons (Fsp3) is 0.611. The minimum absolute atomic E-state index is 0.0557. The SMILES string of the molecule is CCCOc1ccc(C(=O)C2CCCNC2)c(OCCC)c1. The van der Waals surface area contributed by atoms with E-state index in [-0.39, 0.29) is 11.7 Å². The lowest BCUT2D eigenvalue weighted by molar-refractivity contribution is 0.0895. The Kier molecular flexibility index (Phi) is 6.72. The van der Waals surface area contributed by atoms with E-state index in [1.807, 2.05) is 18.2 Å². The van der Waals surface area contributed by atoms with Crippen LogP contribution in [0, 0.1) is 5.92 Å². The number of piperidine rings is 1. The van der Waals surface area contributed by atoms with E-state index >= 15 is 0 Å². The van der Waals surface area contributed by atoms with Crippen molar-refractivity contribution in [1.29, 1.82) is 0 Å². The van der Waals surface area contributed by atoms with Crippen molar-refractivity contribution in [3.8, 4) is 11.5 Å². The minimum Gasteiger partial charge on any atom is -0.493 e. The molecule has 0 spiro atoms. The molecule has 1 atom stereocenters. The Morgan fingerprint density at radius 1 is 1.23 bits per heavy atom. The van der Waals surface area contributed by atoms with Crippen molar-refractivity contribution in [2.24, 2.45) is 5.92 Å². The Balaban J connectivity index is 2.17. The van der Waals surface area contributed by atoms with Gasteiger partial charge in [-0.1, -0.05) is 13.8 Å². The number of benzene rings is 1. The highest BCUT2D eigenvalue weighted by atomic mass is 16.5. The number of carbonyl (C=O) groups is 1. The smallest absolute Gasteiger partial charge is 0.170 e. The highest BCUT2D eigenvalue weighted by molar-refractivity contribution is 6.00. The predicted molar refractivity (Wildman–Crippen MR) is 87.9 cm³/mol. The molecule has 1 aromatic carbocycles. The largest absolute Gasteiger partial charge is 0.493 e. The predicted octanol–water partition coefficient (Wildman–Crippen LogP) is 3.45. The first kappa shape index (κ1) is 16.8. The Morgan fingerprint density at radius 2 is 2.00 bits per heavy atom. The summed E-state index contributed by atoms with van der Waals surface area (Å²) in [5.74, 6) is 1.66. The zero-order valence-electron chi connectivity index (χ0n) is 13.7. The van der Waals surface area contributed by atoms with Gasteiger partial charge in [0.1, 0.15) is 11.5 Å². The number of ketones is 1. The molecule has 0 saturated carbocycles. The van der Waals surface area contributed by atoms with Gasteiger partial charge < -0.3 is 14.8 Å². The van der Waals surface area contributed by atoms with Gasteiger partial charge in [-0.15, -0.1) is 0 Å². The summed E-state index contributed by atoms with van der Waals surface area (Å²) in [4.78, 5) is 12.7. The molecule has 1 unspecified atom stereocenters. The van der Waals surface area contributed by atoms with Gasteiger partial charge in [-0.2, -0.15) is 0 Å². The molecule has 0 aliphatic carbocycles. The molecule has 0 aromatic heterocycles. The maximum absolute atomic E-state index is 12.7. The molecular weight excluding hydrogens is 278 g/mol. The van der Waals surface area contributed by atoms with E-state index in [9.17, 15) is 4.79 Å². The van der Waals surface area contributed by atoms with Crippen LogP contribution >= 0.6 is 0 Å². The third-order valence-electron chi connectivity index (χ3n) is 3.82. The first-order valence-corrected chi connectivity index (χ1v) is 8.40. The van der Waals surface area contributed by atoms with Crippen molar-refractivity contribution < 1.29 is 14.3 Å². The van der Waals surface area contributed by atoms with Crippen LogP contribution < -0.4 is 14.8 Å². The number of carbonyl (C=O) groups excluding carboxylic acids is 1. The Bertz CT molecular complexity index is 481. The summed E-state index contributed by atoms with van der Waals surface area (Å²) in [5, 5.41) is 3.30. The molecule has 1 aliphatic rings. The summed E-state index contributed by atoms with van der Waals surface area (Å²) in [6.45, 7) is 7.19. The fourth-order valence-electron chi connectivity index (χ4n) is 2.64. The molecule has 1 heterocycles. The van der Waals surface area contributed by atoms with Gasteiger partial charge >= 0.3 is 0 Å². The molecule has 1 aromatic rings. The quantitative estimate of drug-likeness (QED) is 0.747. The summed E-state index contributed by atoms with van der Waals surface area (Å²) in [6, 6.07) is 5.58. The molecule has 122 valence electrons. The van der Waals surface area contributed by atoms with Crippen molar-refractivity contribution in [3.05, 3.63) is 23.8 Å². The minimum atomic E-state index is 0.0557. The van der Waals surface area contributed by atoms with Gasteiger partial charge in [0.05, 0.1) is 18.8 Å². The van der Waals surface area contributed by atoms with Crippen LogP contribution in [0.1, 0.15) is 49.9 Å². The van der Waals surface area contributed by atoms with E-state index in [4.69, 9.17) is 9.47 Å². The fourth-order valence-corrected chi connectivity index (χ4v) is 2.64. The first-order valence-electron chi connectivity index (χ1n) is 8.40. The maximum atomic E-state index is 12.7. The molecule has 1 fully saturated rings. The van der Waals surface area contributed by atoms with Crippen LogP contribution in [0.15, 0.2) is 18.2 Å². The van der Waals surface area contributed by atoms with E-state index in [0.29, 0.717) is 24.5 Å². The summed E-state index contributed by atoms with van der Waals surface area (Å²) in [7, 11) is 0. The van der Waals surface area contributed by atoms with Crippen LogP contribution in [0.4, 0.5) is 0 Å². The number of nitrogens with one attached hydrogen (secondary N) is 1. The maximum Gasteiger partial charge on any atom is 0.170 e. The van der Waals surface area contributed by atoms with Gasteiger partial charge in [0.15, 0.2) is 5.78 Å². The third kappa shape index (κ3) is 4.47. The lowest BCUT2D eigenvalue weighted by atomic mass is 9.90. The van der Waals surface area contributed by atoms with Crippen LogP contribution in [-0.2, 0) is 0 Å². The number of hydrogen-bond acceptors (Lipinski definition) is 4. The summed E-state index contributed by atoms with van der Waals surface area (Å²) in [6.07, 6.45) is 3.88. The molecule has 0 amide bonds. The normalized spacial score (nSPS) is 18.0. The molecule has 1 saturated heterocycles. The Hall–Kier alpha value is -1.55. The third-order valence-corrected chi connectivity index (χ3v) is 3.82. The molecule has 0 radical (unpaired) electrons. The van der Waals surface area contributed by atoms with E-state index in [2.05, 4.69) is 19.2 Å². The summed E-state index contributed by atoms with van der Waals surface area (Å²) < 4.78 is 11.5. The van der Waals surface area contributed by atoms with Gasteiger partial charge in [-0.3, -0.25) is 4.79 Å². The number of rotatable bonds is 8. The second-order valence-corrected chi connectivity index (χ2v) is 5.76. The second-order valence-electron chi connectivity index (χ2n) is 5.76. The molecule has 4 nitrogen and oxygen atoms in total. The monoisotopic (exact) mass is 305 g/mol. The van der Waals surface area contributed by atoms with Crippen LogP contribution in [-0.4, -0.2) is 32.1 Å². The molecule has 2 rings (SSSR count). The van der Waals surface area contributed by atoms with Crippen LogP contribution in [0.5, 0.6) is 11.5 Å². The molecule has 22 heavy (non-hydrogen) atoms. The lowest BCUT2D eigenvalue weighted by Crippen LogP contribution is -2.34. The zero-order valence-corrected chi connectivity index (χ0v) is 13.7. The van der Waals surface area contributed by atoms with Crippen LogP contribution in [0.2, 0.25) is 0 Å². The first-order chi connectivity index (χ1) is 10.8. The number of ether oxygens (including phenoxy) is 2. The van der Waals surface area contributed by atoms with Gasteiger partial charge in [0.2, 0.25) is 0 Å². The zero-order chi connectivity index (χ0) is 15.8. The standard InChI is InChI=1S/C18H27NO3/c1-3-10-21-15-7-8-16(17(12-15)22-11-4-2)18(20)14-6-5-9-19-13-14/h7-8,12,14,19H,3-6,9-11,13H2,1-2H3. The highest BCUT2D eigenvalue weighted by Gasteiger charge is 2.25. The molecule has 1 N–H and O–H groups in total. The van der Waals surface area contributed by atoms with Crippen LogP contribution in [0.25, 0.3) is 0 Å². The highest BCUT2D eigenvalue weighted by Crippen LogP contribution is 2.29. The van der Waals surface area contributed by atoms with E-state index < -0.39 is 0 Å². The molecule has 1 aliphatic heterocycles. The second kappa shape index (κ2) is 8.79. The van der Waals surface area contributed by atoms with Gasteiger partial charge in [-0.25, -0.2) is 0 Å². The summed E-state index contributed by atoms with van der Waals surface area (Å²) in [5.41, 5.74) is 0.686. The van der Waals surface area contributed by atoms with Gasteiger partial charge in [-0.05, 0) is 44.4 Å². The molecule has 4 heteroatoms. The number of hydrogen-bond donors (Lipinski definition) is 1. The van der Waals surface area contributed by atoms with Gasteiger partial charge in [0.25, 0.3) is 0 Å². The van der Waals surface area contributed by atoms with Crippen molar-refractivity contribution in [2.75, 3.05) is 26.3 Å². The topological polar surface area (TPSA) is 47.6 Å². The van der Waals surface area contributed by atoms with E-state index in [1.54, 1.807) is 0 Å². The summed E-state index contributed by atoms with van der Waals surface area (Å²) >= 11 is 0. The van der Waals surface area contributed by atoms with Crippen molar-refractivity contribution in [2.45, 2.75) is 39.5 Å². The molecular formula is C18H27NO3. The van der Waals surface area contributed by atoms with Crippen molar-refractivity contribution in [3.63, 3.8) is 0 Å². The van der Waals surface area contributed by atoms with Crippen LogP contribution in [0.3, 0.4) is 0 Å². The van der Waals surface area contributed by atoms with Crippen molar-refractivity contribution >= 4 is 5.78 Å². The Labute approximate surface area is 133 Å². The average molecular weight is 305 g/mol. The van der Waals surface area contributed by atoms with Crippen molar-refractivity contribution in [1.82, 2.24) is 5.32 Å².